The number of nitrogens with zero attached hydrogens (tertiary/aromatic N) is 2. The monoisotopic (exact) mass is 306 g/mol. The Labute approximate surface area is 128 Å². The third-order valence-corrected chi connectivity index (χ3v) is 3.27. The molecule has 0 aliphatic rings. The van der Waals surface area contributed by atoms with Crippen LogP contribution in [0, 0.1) is 11.7 Å². The molecule has 112 valence electrons. The topological polar surface area (TPSA) is 71.9 Å². The van der Waals surface area contributed by atoms with Crippen molar-refractivity contribution in [3.05, 3.63) is 34.9 Å². The lowest BCUT2D eigenvalue weighted by molar-refractivity contribution is -0.126. The fraction of sp³-hybridized carbons (Fsp3) is 0.357. The fourth-order valence-corrected chi connectivity index (χ4v) is 2.26. The van der Waals surface area contributed by atoms with Gasteiger partial charge in [-0.25, -0.2) is 0 Å². The molecule has 2 N–H and O–H groups in total. The molecule has 1 amide bonds. The van der Waals surface area contributed by atoms with E-state index in [1.54, 1.807) is 11.5 Å². The van der Waals surface area contributed by atoms with E-state index in [1.165, 1.54) is 0 Å². The van der Waals surface area contributed by atoms with E-state index >= 15 is 0 Å². The van der Waals surface area contributed by atoms with Gasteiger partial charge in [-0.15, -0.1) is 0 Å². The molecule has 7 heteroatoms. The molecule has 0 fully saturated rings. The average molecular weight is 306 g/mol. The van der Waals surface area contributed by atoms with Gasteiger partial charge < -0.3 is 10.1 Å². The molecular formula is C14H18N4O2S. The van der Waals surface area contributed by atoms with E-state index in [2.05, 4.69) is 15.5 Å². The molecule has 1 aromatic carbocycles. The molecule has 0 bridgehead atoms. The first-order valence-corrected chi connectivity index (χ1v) is 7.10. The van der Waals surface area contributed by atoms with Crippen molar-refractivity contribution in [1.29, 1.82) is 0 Å². The van der Waals surface area contributed by atoms with Crippen LogP contribution in [0.5, 0.6) is 0 Å². The molecular weight excluding hydrogens is 288 g/mol. The number of H-pyrrole nitrogens is 1. The third-order valence-electron chi connectivity index (χ3n) is 3.00. The number of hydrogen-bond donors (Lipinski definition) is 2. The third kappa shape index (κ3) is 3.56. The van der Waals surface area contributed by atoms with Gasteiger partial charge in [0.2, 0.25) is 0 Å². The summed E-state index contributed by atoms with van der Waals surface area (Å²) in [5.41, 5.74) is 1.53. The van der Waals surface area contributed by atoms with Gasteiger partial charge in [-0.1, -0.05) is 6.07 Å². The van der Waals surface area contributed by atoms with Gasteiger partial charge in [0.25, 0.3) is 5.91 Å². The molecule has 21 heavy (non-hydrogen) atoms. The van der Waals surface area contributed by atoms with Crippen LogP contribution in [0.1, 0.15) is 19.7 Å². The van der Waals surface area contributed by atoms with E-state index in [4.69, 9.17) is 17.0 Å². The Hall–Kier alpha value is -1.99. The van der Waals surface area contributed by atoms with Crippen LogP contribution in [0.15, 0.2) is 24.3 Å². The summed E-state index contributed by atoms with van der Waals surface area (Å²) in [6.45, 7) is 5.93. The van der Waals surface area contributed by atoms with Crippen molar-refractivity contribution in [1.82, 2.24) is 14.8 Å². The van der Waals surface area contributed by atoms with E-state index in [0.717, 1.165) is 11.5 Å². The van der Waals surface area contributed by atoms with Crippen molar-refractivity contribution >= 4 is 23.8 Å². The van der Waals surface area contributed by atoms with Crippen LogP contribution in [-0.4, -0.2) is 33.4 Å². The maximum Gasteiger partial charge on any atom is 0.253 e. The van der Waals surface area contributed by atoms with Crippen LogP contribution in [-0.2, 0) is 9.53 Å². The zero-order chi connectivity index (χ0) is 15.4. The lowest BCUT2D eigenvalue weighted by Crippen LogP contribution is -2.27. The number of rotatable bonds is 5. The molecule has 0 radical (unpaired) electrons. The van der Waals surface area contributed by atoms with Gasteiger partial charge in [-0.3, -0.25) is 14.5 Å². The molecule has 6 nitrogen and oxygen atoms in total. The summed E-state index contributed by atoms with van der Waals surface area (Å²) in [5, 5.41) is 9.64. The highest BCUT2D eigenvalue weighted by Gasteiger charge is 2.13. The first-order valence-electron chi connectivity index (χ1n) is 6.70. The molecule has 0 saturated heterocycles. The molecule has 2 rings (SSSR count). The molecule has 1 atom stereocenters. The standard InChI is InChI=1S/C14H18N4O2S/c1-4-20-9(2)13(19)15-11-6-5-7-12(8-11)18-10(3)16-17-14(18)21/h5-9H,4H2,1-3H3,(H,15,19)(H,17,21). The minimum atomic E-state index is -0.489. The number of aromatic nitrogens is 3. The van der Waals surface area contributed by atoms with E-state index in [-0.39, 0.29) is 5.91 Å². The minimum absolute atomic E-state index is 0.179. The molecule has 1 unspecified atom stereocenters. The van der Waals surface area contributed by atoms with Gasteiger partial charge in [-0.2, -0.15) is 5.10 Å². The number of anilines is 1. The highest BCUT2D eigenvalue weighted by atomic mass is 32.1. The maximum atomic E-state index is 12.0. The predicted octanol–water partition coefficient (Wildman–Crippen LogP) is 2.60. The smallest absolute Gasteiger partial charge is 0.253 e. The highest BCUT2D eigenvalue weighted by molar-refractivity contribution is 7.71. The SMILES string of the molecule is CCOC(C)C(=O)Nc1cccc(-n2c(C)n[nH]c2=S)c1. The van der Waals surface area contributed by atoms with E-state index in [9.17, 15) is 4.79 Å². The molecule has 0 saturated carbocycles. The fourth-order valence-electron chi connectivity index (χ4n) is 1.97. The number of ether oxygens (including phenoxy) is 1. The van der Waals surface area contributed by atoms with Crippen LogP contribution >= 0.6 is 12.2 Å². The van der Waals surface area contributed by atoms with Crippen molar-refractivity contribution in [2.75, 3.05) is 11.9 Å². The van der Waals surface area contributed by atoms with Gasteiger partial charge >= 0.3 is 0 Å². The average Bonchev–Trinajstić information content (AvgIpc) is 2.78. The van der Waals surface area contributed by atoms with Crippen molar-refractivity contribution in [2.45, 2.75) is 26.9 Å². The lowest BCUT2D eigenvalue weighted by atomic mass is 10.2. The first kappa shape index (κ1) is 15.4. The number of nitrogens with one attached hydrogen (secondary N) is 2. The summed E-state index contributed by atoms with van der Waals surface area (Å²) in [7, 11) is 0. The number of hydrogen-bond acceptors (Lipinski definition) is 4. The number of carbonyl (C=O) groups is 1. The number of aromatic amines is 1. The van der Waals surface area contributed by atoms with Crippen LogP contribution in [0.2, 0.25) is 0 Å². The molecule has 1 heterocycles. The lowest BCUT2D eigenvalue weighted by Gasteiger charge is -2.13. The quantitative estimate of drug-likeness (QED) is 0.833. The van der Waals surface area contributed by atoms with Gasteiger partial charge in [0.15, 0.2) is 4.77 Å². The number of aryl methyl sites for hydroxylation is 1. The first-order chi connectivity index (χ1) is 10.0. The molecule has 2 aromatic rings. The summed E-state index contributed by atoms with van der Waals surface area (Å²) >= 11 is 5.20. The summed E-state index contributed by atoms with van der Waals surface area (Å²) in [5.74, 6) is 0.577. The van der Waals surface area contributed by atoms with Crippen molar-refractivity contribution in [2.24, 2.45) is 0 Å². The second kappa shape index (κ2) is 6.64. The summed E-state index contributed by atoms with van der Waals surface area (Å²) in [6, 6.07) is 7.42. The van der Waals surface area contributed by atoms with Crippen LogP contribution < -0.4 is 5.32 Å². The zero-order valence-electron chi connectivity index (χ0n) is 12.2. The summed E-state index contributed by atoms with van der Waals surface area (Å²) in [6.07, 6.45) is -0.489. The maximum absolute atomic E-state index is 12.0. The minimum Gasteiger partial charge on any atom is -0.369 e. The van der Waals surface area contributed by atoms with Crippen molar-refractivity contribution < 1.29 is 9.53 Å². The van der Waals surface area contributed by atoms with Crippen LogP contribution in [0.25, 0.3) is 5.69 Å². The Morgan fingerprint density at radius 2 is 2.33 bits per heavy atom. The Balaban J connectivity index is 2.23. The van der Waals surface area contributed by atoms with Gasteiger partial charge in [0.05, 0.1) is 5.69 Å². The van der Waals surface area contributed by atoms with Gasteiger partial charge in [0, 0.05) is 12.3 Å². The van der Waals surface area contributed by atoms with Gasteiger partial charge in [-0.05, 0) is 51.2 Å². The number of carbonyl (C=O) groups excluding carboxylic acids is 1. The van der Waals surface area contributed by atoms with Crippen LogP contribution in [0.3, 0.4) is 0 Å². The van der Waals surface area contributed by atoms with Gasteiger partial charge in [0.1, 0.15) is 11.9 Å². The Morgan fingerprint density at radius 1 is 1.57 bits per heavy atom. The van der Waals surface area contributed by atoms with Crippen molar-refractivity contribution in [3.63, 3.8) is 0 Å². The molecule has 0 spiro atoms. The predicted molar refractivity (Wildman–Crippen MR) is 83.2 cm³/mol. The number of amides is 1. The van der Waals surface area contributed by atoms with E-state index in [1.807, 2.05) is 38.1 Å². The van der Waals surface area contributed by atoms with Crippen molar-refractivity contribution in [3.8, 4) is 5.69 Å². The summed E-state index contributed by atoms with van der Waals surface area (Å²) < 4.78 is 7.58. The largest absolute Gasteiger partial charge is 0.369 e. The molecule has 0 aliphatic heterocycles. The highest BCUT2D eigenvalue weighted by Crippen LogP contribution is 2.16. The Morgan fingerprint density at radius 3 is 2.95 bits per heavy atom. The zero-order valence-corrected chi connectivity index (χ0v) is 13.0. The molecule has 0 aliphatic carbocycles. The van der Waals surface area contributed by atoms with E-state index < -0.39 is 6.10 Å². The van der Waals surface area contributed by atoms with Crippen LogP contribution in [0.4, 0.5) is 5.69 Å². The molecule has 1 aromatic heterocycles. The Bertz CT molecular complexity index is 692. The Kier molecular flexibility index (Phi) is 4.87. The second-order valence-electron chi connectivity index (χ2n) is 4.55. The van der Waals surface area contributed by atoms with E-state index in [0.29, 0.717) is 17.1 Å². The number of benzene rings is 1. The second-order valence-corrected chi connectivity index (χ2v) is 4.94. The summed E-state index contributed by atoms with van der Waals surface area (Å²) in [4.78, 5) is 12.0. The normalized spacial score (nSPS) is 12.1.